The molecule has 2 aromatic carbocycles. The van der Waals surface area contributed by atoms with Gasteiger partial charge in [0.2, 0.25) is 4.96 Å². The number of benzene rings is 2. The third kappa shape index (κ3) is 4.07. The fourth-order valence-electron chi connectivity index (χ4n) is 3.28. The highest BCUT2D eigenvalue weighted by Gasteiger charge is 2.30. The molecule has 3 heterocycles. The van der Waals surface area contributed by atoms with Gasteiger partial charge in [0.25, 0.3) is 5.19 Å². The van der Waals surface area contributed by atoms with Gasteiger partial charge in [-0.15, -0.1) is 5.10 Å². The number of ether oxygens (including phenoxy) is 3. The smallest absolute Gasteiger partial charge is 0.416 e. The normalized spacial score (nSPS) is 11.9. The number of hydrogen-bond acceptors (Lipinski definition) is 7. The number of nitrogens with zero attached hydrogens (tertiary/aromatic N) is 3. The van der Waals surface area contributed by atoms with Gasteiger partial charge in [0, 0.05) is 12.1 Å². The van der Waals surface area contributed by atoms with Gasteiger partial charge in [-0.1, -0.05) is 12.1 Å². The average molecular weight is 475 g/mol. The van der Waals surface area contributed by atoms with E-state index in [9.17, 15) is 13.2 Å². The van der Waals surface area contributed by atoms with E-state index in [-0.39, 0.29) is 6.61 Å². The first-order valence-corrected chi connectivity index (χ1v) is 10.5. The lowest BCUT2D eigenvalue weighted by molar-refractivity contribution is -0.137. The Balaban J connectivity index is 1.45. The Morgan fingerprint density at radius 1 is 1.06 bits per heavy atom. The van der Waals surface area contributed by atoms with Crippen molar-refractivity contribution in [3.05, 3.63) is 59.8 Å². The summed E-state index contributed by atoms with van der Waals surface area (Å²) >= 11 is 1.30. The van der Waals surface area contributed by atoms with Crippen molar-refractivity contribution in [3.8, 4) is 28.1 Å². The van der Waals surface area contributed by atoms with Crippen LogP contribution in [0.25, 0.3) is 27.4 Å². The monoisotopic (exact) mass is 475 g/mol. The molecule has 0 aliphatic rings. The Kier molecular flexibility index (Phi) is 5.12. The fourth-order valence-corrected chi connectivity index (χ4v) is 3.98. The van der Waals surface area contributed by atoms with Crippen molar-refractivity contribution >= 4 is 27.3 Å². The molecule has 0 bridgehead atoms. The van der Waals surface area contributed by atoms with Crippen LogP contribution in [0.15, 0.2) is 53.1 Å². The molecule has 0 atom stereocenters. The Labute approximate surface area is 188 Å². The van der Waals surface area contributed by atoms with Crippen molar-refractivity contribution < 1.29 is 31.8 Å². The van der Waals surface area contributed by atoms with Gasteiger partial charge in [-0.2, -0.15) is 13.2 Å². The van der Waals surface area contributed by atoms with Crippen LogP contribution in [-0.4, -0.2) is 28.8 Å². The number of imidazole rings is 1. The summed E-state index contributed by atoms with van der Waals surface area (Å²) in [5, 5.41) is 5.43. The number of fused-ring (bicyclic) bond motifs is 2. The third-order valence-electron chi connectivity index (χ3n) is 4.94. The first-order chi connectivity index (χ1) is 15.8. The molecule has 3 aromatic heterocycles. The van der Waals surface area contributed by atoms with Gasteiger partial charge < -0.3 is 18.6 Å². The molecule has 0 unspecified atom stereocenters. The summed E-state index contributed by atoms with van der Waals surface area (Å²) in [4.78, 5) is 5.17. The minimum absolute atomic E-state index is 0.0742. The maximum Gasteiger partial charge on any atom is 0.416 e. The van der Waals surface area contributed by atoms with Gasteiger partial charge in [-0.3, -0.25) is 0 Å². The van der Waals surface area contributed by atoms with Gasteiger partial charge in [-0.05, 0) is 35.1 Å². The number of rotatable bonds is 6. The summed E-state index contributed by atoms with van der Waals surface area (Å²) in [6.45, 7) is 0.0742. The molecule has 5 aromatic rings. The number of methoxy groups -OCH3 is 2. The molecule has 7 nitrogen and oxygen atoms in total. The summed E-state index contributed by atoms with van der Waals surface area (Å²) in [6.07, 6.45) is -2.65. The molecule has 0 amide bonds. The van der Waals surface area contributed by atoms with Gasteiger partial charge in [0.1, 0.15) is 29.4 Å². The van der Waals surface area contributed by atoms with Crippen molar-refractivity contribution in [1.29, 1.82) is 0 Å². The van der Waals surface area contributed by atoms with Crippen molar-refractivity contribution in [3.63, 3.8) is 0 Å². The lowest BCUT2D eigenvalue weighted by atomic mass is 10.1. The highest BCUT2D eigenvalue weighted by Crippen LogP contribution is 2.38. The molecule has 0 aliphatic heterocycles. The van der Waals surface area contributed by atoms with Gasteiger partial charge >= 0.3 is 6.18 Å². The summed E-state index contributed by atoms with van der Waals surface area (Å²) in [7, 11) is 3.06. The van der Waals surface area contributed by atoms with Gasteiger partial charge in [0.15, 0.2) is 5.76 Å². The van der Waals surface area contributed by atoms with Crippen LogP contribution in [0.4, 0.5) is 13.2 Å². The van der Waals surface area contributed by atoms with Crippen LogP contribution in [0.3, 0.4) is 0 Å². The zero-order chi connectivity index (χ0) is 23.2. The summed E-state index contributed by atoms with van der Waals surface area (Å²) in [6, 6.07) is 10.1. The summed E-state index contributed by atoms with van der Waals surface area (Å²) < 4.78 is 62.3. The molecule has 0 fully saturated rings. The molecule has 0 N–H and O–H groups in total. The summed E-state index contributed by atoms with van der Waals surface area (Å²) in [5.74, 6) is 1.50. The van der Waals surface area contributed by atoms with Gasteiger partial charge in [-0.25, -0.2) is 9.50 Å². The van der Waals surface area contributed by atoms with Crippen LogP contribution in [0.5, 0.6) is 16.7 Å². The molecule has 170 valence electrons. The zero-order valence-corrected chi connectivity index (χ0v) is 18.2. The number of furan rings is 1. The standard InChI is InChI=1S/C22H16F3N3O4S/c1-29-14-7-17(31-11-12-3-5-13(6-4-12)22(23,24)25)15-9-19(32-18(15)8-14)16-10-28-20(26-16)33-21(27-28)30-2/h3-10H,11H2,1-2H3. The highest BCUT2D eigenvalue weighted by atomic mass is 32.1. The molecule has 0 aliphatic carbocycles. The van der Waals surface area contributed by atoms with E-state index in [0.717, 1.165) is 12.1 Å². The molecule has 0 saturated heterocycles. The molecular formula is C22H16F3N3O4S. The molecule has 0 radical (unpaired) electrons. The van der Waals surface area contributed by atoms with Crippen LogP contribution >= 0.6 is 11.3 Å². The number of aromatic nitrogens is 3. The Morgan fingerprint density at radius 2 is 1.85 bits per heavy atom. The number of halogens is 3. The predicted molar refractivity (Wildman–Crippen MR) is 115 cm³/mol. The molecule has 0 saturated carbocycles. The van der Waals surface area contributed by atoms with Crippen molar-refractivity contribution in [2.75, 3.05) is 14.2 Å². The number of hydrogen-bond donors (Lipinski definition) is 0. The van der Waals surface area contributed by atoms with E-state index in [1.807, 2.05) is 0 Å². The van der Waals surface area contributed by atoms with Crippen LogP contribution < -0.4 is 14.2 Å². The largest absolute Gasteiger partial charge is 0.496 e. The summed E-state index contributed by atoms with van der Waals surface area (Å²) in [5.41, 5.74) is 0.993. The molecule has 5 rings (SSSR count). The van der Waals surface area contributed by atoms with E-state index in [0.29, 0.717) is 49.6 Å². The first-order valence-electron chi connectivity index (χ1n) is 9.65. The quantitative estimate of drug-likeness (QED) is 0.308. The second-order valence-corrected chi connectivity index (χ2v) is 7.98. The van der Waals surface area contributed by atoms with E-state index in [2.05, 4.69) is 10.1 Å². The zero-order valence-electron chi connectivity index (χ0n) is 17.3. The molecular weight excluding hydrogens is 459 g/mol. The van der Waals surface area contributed by atoms with Crippen molar-refractivity contribution in [2.45, 2.75) is 12.8 Å². The van der Waals surface area contributed by atoms with Crippen molar-refractivity contribution in [2.24, 2.45) is 0 Å². The lowest BCUT2D eigenvalue weighted by Crippen LogP contribution is -2.05. The van der Waals surface area contributed by atoms with E-state index in [4.69, 9.17) is 18.6 Å². The maximum absolute atomic E-state index is 12.8. The average Bonchev–Trinajstić information content (AvgIpc) is 3.49. The fraction of sp³-hybridized carbons (Fsp3) is 0.182. The second-order valence-electron chi connectivity index (χ2n) is 7.06. The number of alkyl halides is 3. The van der Waals surface area contributed by atoms with E-state index in [1.54, 1.807) is 28.9 Å². The van der Waals surface area contributed by atoms with Crippen LogP contribution in [0.2, 0.25) is 0 Å². The highest BCUT2D eigenvalue weighted by molar-refractivity contribution is 7.18. The third-order valence-corrected chi connectivity index (χ3v) is 5.82. The van der Waals surface area contributed by atoms with Gasteiger partial charge in [0.05, 0.1) is 31.4 Å². The van der Waals surface area contributed by atoms with E-state index >= 15 is 0 Å². The molecule has 11 heteroatoms. The Morgan fingerprint density at radius 3 is 2.52 bits per heavy atom. The Hall–Kier alpha value is -3.73. The Bertz CT molecular complexity index is 1410. The minimum Gasteiger partial charge on any atom is -0.496 e. The lowest BCUT2D eigenvalue weighted by Gasteiger charge is -2.10. The molecule has 0 spiro atoms. The van der Waals surface area contributed by atoms with Crippen LogP contribution in [0.1, 0.15) is 11.1 Å². The van der Waals surface area contributed by atoms with Crippen molar-refractivity contribution in [1.82, 2.24) is 14.6 Å². The maximum atomic E-state index is 12.8. The topological polar surface area (TPSA) is 71.0 Å². The minimum atomic E-state index is -4.38. The first kappa shape index (κ1) is 21.1. The second kappa shape index (κ2) is 8.00. The molecule has 33 heavy (non-hydrogen) atoms. The predicted octanol–water partition coefficient (Wildman–Crippen LogP) is 5.82. The van der Waals surface area contributed by atoms with Crippen LogP contribution in [0, 0.1) is 0 Å². The van der Waals surface area contributed by atoms with E-state index in [1.165, 1.54) is 37.7 Å². The van der Waals surface area contributed by atoms with E-state index < -0.39 is 11.7 Å². The van der Waals surface area contributed by atoms with Crippen LogP contribution in [-0.2, 0) is 12.8 Å². The SMILES string of the molecule is COc1cc(OCc2ccc(C(F)(F)F)cc2)c2cc(-c3cn4nc(OC)sc4n3)oc2c1.